The van der Waals surface area contributed by atoms with E-state index in [0.29, 0.717) is 0 Å². The molecule has 0 bridgehead atoms. The van der Waals surface area contributed by atoms with Crippen LogP contribution >= 0.6 is 15.9 Å². The number of carbonyl (C=O) groups is 2. The molecule has 44 heavy (non-hydrogen) atoms. The molecule has 0 aliphatic heterocycles. The minimum absolute atomic E-state index is 0.00248. The van der Waals surface area contributed by atoms with Gasteiger partial charge in [0.25, 0.3) is 10.0 Å². The molecule has 0 spiro atoms. The number of hydrogen-bond acceptors (Lipinski definition) is 4. The van der Waals surface area contributed by atoms with Crippen molar-refractivity contribution < 1.29 is 22.4 Å². The van der Waals surface area contributed by atoms with Gasteiger partial charge in [-0.15, -0.1) is 0 Å². The number of amides is 2. The quantitative estimate of drug-likeness (QED) is 0.201. The number of rotatable bonds is 11. The van der Waals surface area contributed by atoms with E-state index in [1.807, 2.05) is 51.1 Å². The van der Waals surface area contributed by atoms with Crippen molar-refractivity contribution in [2.24, 2.45) is 0 Å². The summed E-state index contributed by atoms with van der Waals surface area (Å²) in [5, 5.41) is 2.96. The van der Waals surface area contributed by atoms with E-state index in [0.717, 1.165) is 14.3 Å². The predicted octanol–water partition coefficient (Wildman–Crippen LogP) is 6.34. The Morgan fingerprint density at radius 3 is 2.00 bits per heavy atom. The fourth-order valence-corrected chi connectivity index (χ4v) is 6.37. The molecule has 4 rings (SSSR count). The fourth-order valence-electron chi connectivity index (χ4n) is 4.67. The van der Waals surface area contributed by atoms with Crippen LogP contribution in [0, 0.1) is 5.82 Å². The van der Waals surface area contributed by atoms with Gasteiger partial charge in [0.1, 0.15) is 18.4 Å². The van der Waals surface area contributed by atoms with Crippen molar-refractivity contribution in [1.29, 1.82) is 0 Å². The third-order valence-electron chi connectivity index (χ3n) is 6.79. The highest BCUT2D eigenvalue weighted by Gasteiger charge is 2.36. The maximum Gasteiger partial charge on any atom is 0.264 e. The molecule has 0 saturated heterocycles. The molecule has 0 aliphatic carbocycles. The highest BCUT2D eigenvalue weighted by molar-refractivity contribution is 9.10. The van der Waals surface area contributed by atoms with Gasteiger partial charge in [0.2, 0.25) is 11.8 Å². The van der Waals surface area contributed by atoms with Crippen LogP contribution in [0.25, 0.3) is 0 Å². The molecule has 0 radical (unpaired) electrons. The highest BCUT2D eigenvalue weighted by Crippen LogP contribution is 2.27. The Balaban J connectivity index is 1.82. The average molecular weight is 681 g/mol. The molecule has 0 heterocycles. The Kier molecular flexibility index (Phi) is 10.6. The van der Waals surface area contributed by atoms with Gasteiger partial charge in [0.05, 0.1) is 10.6 Å². The zero-order chi connectivity index (χ0) is 31.9. The van der Waals surface area contributed by atoms with Crippen LogP contribution in [0.2, 0.25) is 0 Å². The Hall–Kier alpha value is -4.02. The van der Waals surface area contributed by atoms with E-state index in [1.54, 1.807) is 60.7 Å². The first kappa shape index (κ1) is 32.9. The van der Waals surface area contributed by atoms with E-state index in [9.17, 15) is 18.0 Å². The Morgan fingerprint density at radius 2 is 1.41 bits per heavy atom. The van der Waals surface area contributed by atoms with Crippen molar-refractivity contribution in [2.75, 3.05) is 10.8 Å². The van der Waals surface area contributed by atoms with E-state index in [4.69, 9.17) is 0 Å². The lowest BCUT2D eigenvalue weighted by molar-refractivity contribution is -0.140. The molecular formula is C34H35BrFN3O4S. The molecule has 230 valence electrons. The maximum atomic E-state index is 15.0. The average Bonchev–Trinajstić information content (AvgIpc) is 2.99. The van der Waals surface area contributed by atoms with Crippen LogP contribution in [0.5, 0.6) is 0 Å². The molecule has 1 N–H and O–H groups in total. The summed E-state index contributed by atoms with van der Waals surface area (Å²) in [4.78, 5) is 29.5. The second-order valence-electron chi connectivity index (χ2n) is 11.4. The van der Waals surface area contributed by atoms with Gasteiger partial charge >= 0.3 is 0 Å². The Labute approximate surface area is 266 Å². The van der Waals surface area contributed by atoms with Crippen LogP contribution < -0.4 is 9.62 Å². The molecule has 4 aromatic carbocycles. The van der Waals surface area contributed by atoms with E-state index < -0.39 is 45.8 Å². The van der Waals surface area contributed by atoms with Crippen molar-refractivity contribution in [1.82, 2.24) is 10.2 Å². The lowest BCUT2D eigenvalue weighted by Crippen LogP contribution is -2.56. The van der Waals surface area contributed by atoms with Gasteiger partial charge in [-0.1, -0.05) is 82.7 Å². The van der Waals surface area contributed by atoms with Gasteiger partial charge in [-0.05, 0) is 68.8 Å². The monoisotopic (exact) mass is 679 g/mol. The summed E-state index contributed by atoms with van der Waals surface area (Å²) < 4.78 is 44.7. The summed E-state index contributed by atoms with van der Waals surface area (Å²) in [7, 11) is -4.21. The molecule has 10 heteroatoms. The molecule has 0 aromatic heterocycles. The summed E-state index contributed by atoms with van der Waals surface area (Å²) in [5.74, 6) is -1.64. The van der Waals surface area contributed by atoms with Crippen molar-refractivity contribution in [3.05, 3.63) is 131 Å². The minimum Gasteiger partial charge on any atom is -0.350 e. The van der Waals surface area contributed by atoms with Crippen LogP contribution in [-0.2, 0) is 32.6 Å². The van der Waals surface area contributed by atoms with Crippen molar-refractivity contribution in [3.63, 3.8) is 0 Å². The largest absolute Gasteiger partial charge is 0.350 e. The van der Waals surface area contributed by atoms with Crippen LogP contribution in [0.1, 0.15) is 31.9 Å². The summed E-state index contributed by atoms with van der Waals surface area (Å²) in [6, 6.07) is 28.5. The molecule has 0 aliphatic rings. The topological polar surface area (TPSA) is 86.8 Å². The standard InChI is InChI=1S/C34H35BrFN3O4S/c1-34(2,3)37-33(41)31(22-25-12-6-4-7-13-25)38(23-26-14-10-11-17-30(26)36)32(40)24-39(28-20-18-27(35)19-21-28)44(42,43)29-15-8-5-9-16-29/h4-21,31H,22-24H2,1-3H3,(H,37,41)/t31-/m0/s1. The number of nitrogens with zero attached hydrogens (tertiary/aromatic N) is 2. The van der Waals surface area contributed by atoms with E-state index in [-0.39, 0.29) is 29.1 Å². The van der Waals surface area contributed by atoms with Gasteiger partial charge in [-0.3, -0.25) is 13.9 Å². The van der Waals surface area contributed by atoms with Crippen LogP contribution in [0.3, 0.4) is 0 Å². The minimum atomic E-state index is -4.21. The lowest BCUT2D eigenvalue weighted by Gasteiger charge is -2.35. The molecule has 2 amide bonds. The van der Waals surface area contributed by atoms with Gasteiger partial charge in [0, 0.05) is 28.5 Å². The summed E-state index contributed by atoms with van der Waals surface area (Å²) in [6.45, 7) is 4.61. The van der Waals surface area contributed by atoms with Crippen LogP contribution in [0.4, 0.5) is 10.1 Å². The zero-order valence-electron chi connectivity index (χ0n) is 24.8. The maximum absolute atomic E-state index is 15.0. The first-order valence-corrected chi connectivity index (χ1v) is 16.3. The summed E-state index contributed by atoms with van der Waals surface area (Å²) in [5.41, 5.74) is 0.618. The molecule has 0 saturated carbocycles. The number of sulfonamides is 1. The van der Waals surface area contributed by atoms with E-state index in [1.165, 1.54) is 23.1 Å². The van der Waals surface area contributed by atoms with Gasteiger partial charge in [-0.2, -0.15) is 0 Å². The fraction of sp³-hybridized carbons (Fsp3) is 0.235. The zero-order valence-corrected chi connectivity index (χ0v) is 27.2. The van der Waals surface area contributed by atoms with Crippen LogP contribution in [-0.4, -0.2) is 43.3 Å². The first-order chi connectivity index (χ1) is 20.8. The van der Waals surface area contributed by atoms with E-state index in [2.05, 4.69) is 21.2 Å². The number of anilines is 1. The first-order valence-electron chi connectivity index (χ1n) is 14.1. The SMILES string of the molecule is CC(C)(C)NC(=O)[C@H](Cc1ccccc1)N(Cc1ccccc1F)C(=O)CN(c1ccc(Br)cc1)S(=O)(=O)c1ccccc1. The molecule has 4 aromatic rings. The van der Waals surface area contributed by atoms with Crippen molar-refractivity contribution in [3.8, 4) is 0 Å². The van der Waals surface area contributed by atoms with Gasteiger partial charge in [-0.25, -0.2) is 12.8 Å². The molecule has 0 fully saturated rings. The van der Waals surface area contributed by atoms with Gasteiger partial charge < -0.3 is 10.2 Å². The molecular weight excluding hydrogens is 645 g/mol. The number of carbonyl (C=O) groups excluding carboxylic acids is 2. The summed E-state index contributed by atoms with van der Waals surface area (Å²) in [6.07, 6.45) is 0.132. The number of benzene rings is 4. The molecule has 1 atom stereocenters. The summed E-state index contributed by atoms with van der Waals surface area (Å²) >= 11 is 3.38. The number of nitrogens with one attached hydrogen (secondary N) is 1. The second kappa shape index (κ2) is 14.2. The Bertz CT molecular complexity index is 1680. The molecule has 7 nitrogen and oxygen atoms in total. The van der Waals surface area contributed by atoms with Crippen LogP contribution in [0.15, 0.2) is 119 Å². The third kappa shape index (κ3) is 8.54. The smallest absolute Gasteiger partial charge is 0.264 e. The van der Waals surface area contributed by atoms with E-state index >= 15 is 4.39 Å². The molecule has 0 unspecified atom stereocenters. The predicted molar refractivity (Wildman–Crippen MR) is 174 cm³/mol. The number of halogens is 2. The lowest BCUT2D eigenvalue weighted by atomic mass is 10.0. The number of hydrogen-bond donors (Lipinski definition) is 1. The third-order valence-corrected chi connectivity index (χ3v) is 9.11. The van der Waals surface area contributed by atoms with Crippen molar-refractivity contribution in [2.45, 2.75) is 50.2 Å². The normalized spacial score (nSPS) is 12.3. The second-order valence-corrected chi connectivity index (χ2v) is 14.1. The van der Waals surface area contributed by atoms with Gasteiger partial charge in [0.15, 0.2) is 0 Å². The van der Waals surface area contributed by atoms with Crippen molar-refractivity contribution >= 4 is 43.5 Å². The highest BCUT2D eigenvalue weighted by atomic mass is 79.9. The Morgan fingerprint density at radius 1 is 0.841 bits per heavy atom.